The highest BCUT2D eigenvalue weighted by molar-refractivity contribution is 7.15. The van der Waals surface area contributed by atoms with Crippen molar-refractivity contribution in [1.82, 2.24) is 14.6 Å². The number of benzene rings is 1. The van der Waals surface area contributed by atoms with Gasteiger partial charge in [0.25, 0.3) is 0 Å². The Morgan fingerprint density at radius 1 is 1.28 bits per heavy atom. The molecule has 0 radical (unpaired) electrons. The Bertz CT molecular complexity index is 688. The zero-order valence-electron chi connectivity index (χ0n) is 9.51. The first-order chi connectivity index (χ1) is 8.81. The van der Waals surface area contributed by atoms with Crippen LogP contribution in [-0.2, 0) is 6.42 Å². The summed E-state index contributed by atoms with van der Waals surface area (Å²) in [6, 6.07) is 7.64. The zero-order chi connectivity index (χ0) is 12.5. The summed E-state index contributed by atoms with van der Waals surface area (Å²) in [4.78, 5) is 0.869. The van der Waals surface area contributed by atoms with Crippen molar-refractivity contribution in [2.24, 2.45) is 5.73 Å². The van der Waals surface area contributed by atoms with Crippen LogP contribution in [0.2, 0.25) is 5.02 Å². The standard InChI is InChI=1S/C12H11ClN4S/c13-10-4-2-1-3-9(10)11-15-16-12-17(11)8(5-6-14)7-18-12/h1-4,7H,5-6,14H2. The van der Waals surface area contributed by atoms with Gasteiger partial charge in [-0.2, -0.15) is 0 Å². The molecule has 0 aliphatic carbocycles. The first kappa shape index (κ1) is 11.6. The molecule has 3 aromatic rings. The number of hydrogen-bond donors (Lipinski definition) is 1. The van der Waals surface area contributed by atoms with Crippen LogP contribution in [0, 0.1) is 0 Å². The summed E-state index contributed by atoms with van der Waals surface area (Å²) in [6.07, 6.45) is 0.801. The Hall–Kier alpha value is -1.43. The molecule has 0 amide bonds. The second-order valence-corrected chi connectivity index (χ2v) is 5.13. The lowest BCUT2D eigenvalue weighted by Gasteiger charge is -2.03. The van der Waals surface area contributed by atoms with E-state index in [9.17, 15) is 0 Å². The third-order valence-electron chi connectivity index (χ3n) is 2.74. The Kier molecular flexibility index (Phi) is 3.03. The van der Waals surface area contributed by atoms with Crippen molar-refractivity contribution in [3.8, 4) is 11.4 Å². The van der Waals surface area contributed by atoms with Gasteiger partial charge in [0, 0.05) is 23.1 Å². The summed E-state index contributed by atoms with van der Waals surface area (Å²) in [7, 11) is 0. The molecule has 92 valence electrons. The predicted molar refractivity (Wildman–Crippen MR) is 74.1 cm³/mol. The van der Waals surface area contributed by atoms with E-state index in [1.807, 2.05) is 28.7 Å². The van der Waals surface area contributed by atoms with Gasteiger partial charge < -0.3 is 5.73 Å². The SMILES string of the molecule is NCCc1csc2nnc(-c3ccccc3Cl)n12. The van der Waals surface area contributed by atoms with Crippen molar-refractivity contribution >= 4 is 27.9 Å². The van der Waals surface area contributed by atoms with Crippen LogP contribution in [0.5, 0.6) is 0 Å². The van der Waals surface area contributed by atoms with Gasteiger partial charge in [0.2, 0.25) is 4.96 Å². The molecule has 18 heavy (non-hydrogen) atoms. The highest BCUT2D eigenvalue weighted by Crippen LogP contribution is 2.29. The lowest BCUT2D eigenvalue weighted by atomic mass is 10.2. The molecule has 0 atom stereocenters. The van der Waals surface area contributed by atoms with Gasteiger partial charge in [-0.1, -0.05) is 23.7 Å². The van der Waals surface area contributed by atoms with E-state index in [1.165, 1.54) is 0 Å². The maximum Gasteiger partial charge on any atom is 0.216 e. The molecule has 0 unspecified atom stereocenters. The van der Waals surface area contributed by atoms with E-state index in [0.717, 1.165) is 28.5 Å². The third kappa shape index (κ3) is 1.80. The average molecular weight is 279 g/mol. The molecule has 0 aliphatic heterocycles. The molecule has 0 bridgehead atoms. The Labute approximate surface area is 113 Å². The van der Waals surface area contributed by atoms with Crippen molar-refractivity contribution in [3.05, 3.63) is 40.4 Å². The van der Waals surface area contributed by atoms with Crippen molar-refractivity contribution < 1.29 is 0 Å². The summed E-state index contributed by atoms with van der Waals surface area (Å²) < 4.78 is 2.03. The highest BCUT2D eigenvalue weighted by Gasteiger charge is 2.14. The van der Waals surface area contributed by atoms with Crippen LogP contribution in [0.15, 0.2) is 29.6 Å². The van der Waals surface area contributed by atoms with E-state index in [1.54, 1.807) is 11.3 Å². The Morgan fingerprint density at radius 2 is 2.11 bits per heavy atom. The number of rotatable bonds is 3. The lowest BCUT2D eigenvalue weighted by Crippen LogP contribution is -2.05. The molecule has 2 heterocycles. The monoisotopic (exact) mass is 278 g/mol. The molecule has 4 nitrogen and oxygen atoms in total. The first-order valence-electron chi connectivity index (χ1n) is 5.57. The maximum atomic E-state index is 6.21. The van der Waals surface area contributed by atoms with Gasteiger partial charge in [-0.15, -0.1) is 21.5 Å². The summed E-state index contributed by atoms with van der Waals surface area (Å²) in [6.45, 7) is 0.603. The fourth-order valence-corrected chi connectivity index (χ4v) is 3.00. The van der Waals surface area contributed by atoms with Crippen LogP contribution in [0.25, 0.3) is 16.3 Å². The quantitative estimate of drug-likeness (QED) is 0.801. The summed E-state index contributed by atoms with van der Waals surface area (Å²) in [5, 5.41) is 11.1. The molecule has 1 aromatic carbocycles. The second-order valence-electron chi connectivity index (χ2n) is 3.89. The molecular weight excluding hydrogens is 268 g/mol. The normalized spacial score (nSPS) is 11.2. The summed E-state index contributed by atoms with van der Waals surface area (Å²) in [5.74, 6) is 0.778. The molecule has 0 saturated heterocycles. The zero-order valence-corrected chi connectivity index (χ0v) is 11.1. The number of nitrogens with two attached hydrogens (primary N) is 1. The highest BCUT2D eigenvalue weighted by atomic mass is 35.5. The van der Waals surface area contributed by atoms with Crippen LogP contribution >= 0.6 is 22.9 Å². The summed E-state index contributed by atoms with van der Waals surface area (Å²) in [5.41, 5.74) is 7.64. The minimum Gasteiger partial charge on any atom is -0.330 e. The van der Waals surface area contributed by atoms with Crippen LogP contribution in [0.3, 0.4) is 0 Å². The van der Waals surface area contributed by atoms with Gasteiger partial charge >= 0.3 is 0 Å². The molecule has 0 fully saturated rings. The number of thiazole rings is 1. The molecular formula is C12H11ClN4S. The van der Waals surface area contributed by atoms with Crippen molar-refractivity contribution in [1.29, 1.82) is 0 Å². The van der Waals surface area contributed by atoms with Crippen molar-refractivity contribution in [3.63, 3.8) is 0 Å². The molecule has 2 aromatic heterocycles. The van der Waals surface area contributed by atoms with Crippen LogP contribution in [0.4, 0.5) is 0 Å². The number of halogens is 1. The lowest BCUT2D eigenvalue weighted by molar-refractivity contribution is 0.908. The molecule has 0 spiro atoms. The van der Waals surface area contributed by atoms with Gasteiger partial charge in [0.05, 0.1) is 5.02 Å². The molecule has 2 N–H and O–H groups in total. The predicted octanol–water partition coefficient (Wildman–Crippen LogP) is 2.61. The van der Waals surface area contributed by atoms with Gasteiger partial charge in [-0.05, 0) is 18.7 Å². The minimum absolute atomic E-state index is 0.603. The van der Waals surface area contributed by atoms with E-state index in [-0.39, 0.29) is 0 Å². The van der Waals surface area contributed by atoms with E-state index >= 15 is 0 Å². The van der Waals surface area contributed by atoms with Crippen molar-refractivity contribution in [2.75, 3.05) is 6.54 Å². The third-order valence-corrected chi connectivity index (χ3v) is 3.93. The van der Waals surface area contributed by atoms with E-state index < -0.39 is 0 Å². The van der Waals surface area contributed by atoms with Crippen LogP contribution in [0.1, 0.15) is 5.69 Å². The van der Waals surface area contributed by atoms with Crippen LogP contribution in [-0.4, -0.2) is 21.1 Å². The number of aromatic nitrogens is 3. The van der Waals surface area contributed by atoms with Gasteiger partial charge in [-0.25, -0.2) is 0 Å². The molecule has 3 rings (SSSR count). The topological polar surface area (TPSA) is 56.2 Å². The van der Waals surface area contributed by atoms with E-state index in [4.69, 9.17) is 17.3 Å². The van der Waals surface area contributed by atoms with Crippen LogP contribution < -0.4 is 5.73 Å². The largest absolute Gasteiger partial charge is 0.330 e. The van der Waals surface area contributed by atoms with E-state index in [2.05, 4.69) is 15.6 Å². The maximum absolute atomic E-state index is 6.21. The van der Waals surface area contributed by atoms with Crippen molar-refractivity contribution in [2.45, 2.75) is 6.42 Å². The molecule has 6 heteroatoms. The first-order valence-corrected chi connectivity index (χ1v) is 6.83. The molecule has 0 saturated carbocycles. The minimum atomic E-state index is 0.603. The smallest absolute Gasteiger partial charge is 0.216 e. The van der Waals surface area contributed by atoms with Gasteiger partial charge in [0.1, 0.15) is 0 Å². The fraction of sp³-hybridized carbons (Fsp3) is 0.167. The Balaban J connectivity index is 2.23. The number of fused-ring (bicyclic) bond motifs is 1. The number of nitrogens with zero attached hydrogens (tertiary/aromatic N) is 3. The van der Waals surface area contributed by atoms with Gasteiger partial charge in [-0.3, -0.25) is 4.40 Å². The number of hydrogen-bond acceptors (Lipinski definition) is 4. The average Bonchev–Trinajstić information content (AvgIpc) is 2.94. The van der Waals surface area contributed by atoms with Gasteiger partial charge in [0.15, 0.2) is 5.82 Å². The molecule has 0 aliphatic rings. The Morgan fingerprint density at radius 3 is 2.89 bits per heavy atom. The summed E-state index contributed by atoms with van der Waals surface area (Å²) >= 11 is 7.78. The second kappa shape index (κ2) is 4.68. The van der Waals surface area contributed by atoms with E-state index in [0.29, 0.717) is 11.6 Å². The fourth-order valence-electron chi connectivity index (χ4n) is 1.91.